The summed E-state index contributed by atoms with van der Waals surface area (Å²) in [7, 11) is 0. The number of hydrogen-bond acceptors (Lipinski definition) is 3. The molecule has 1 heterocycles. The first-order valence-electron chi connectivity index (χ1n) is 5.57. The van der Waals surface area contributed by atoms with Crippen LogP contribution in [0.5, 0.6) is 0 Å². The molecule has 1 aromatic heterocycles. The van der Waals surface area contributed by atoms with Crippen LogP contribution in [0.15, 0.2) is 42.6 Å². The van der Waals surface area contributed by atoms with Crippen LogP contribution in [0, 0.1) is 0 Å². The van der Waals surface area contributed by atoms with Gasteiger partial charge in [-0.05, 0) is 24.3 Å². The van der Waals surface area contributed by atoms with Gasteiger partial charge < -0.3 is 11.1 Å². The fourth-order valence-electron chi connectivity index (χ4n) is 1.50. The molecule has 0 aliphatic carbocycles. The van der Waals surface area contributed by atoms with E-state index in [1.54, 1.807) is 24.3 Å². The summed E-state index contributed by atoms with van der Waals surface area (Å²) in [5, 5.41) is 2.50. The van der Waals surface area contributed by atoms with Crippen molar-refractivity contribution in [1.29, 1.82) is 0 Å². The van der Waals surface area contributed by atoms with Crippen LogP contribution in [0.4, 0.5) is 24.5 Å². The first-order chi connectivity index (χ1) is 9.38. The predicted octanol–water partition coefficient (Wildman–Crippen LogP) is 2.93. The number of amides is 1. The molecule has 0 fully saturated rings. The van der Waals surface area contributed by atoms with Crippen molar-refractivity contribution in [3.8, 4) is 0 Å². The van der Waals surface area contributed by atoms with Crippen LogP contribution in [-0.4, -0.2) is 10.9 Å². The molecule has 1 aromatic carbocycles. The van der Waals surface area contributed by atoms with Gasteiger partial charge >= 0.3 is 6.18 Å². The van der Waals surface area contributed by atoms with E-state index in [-0.39, 0.29) is 5.56 Å². The van der Waals surface area contributed by atoms with Crippen LogP contribution in [0.2, 0.25) is 0 Å². The van der Waals surface area contributed by atoms with Crippen molar-refractivity contribution in [2.75, 3.05) is 11.1 Å². The zero-order valence-corrected chi connectivity index (χ0v) is 10.1. The monoisotopic (exact) mass is 281 g/mol. The third kappa shape index (κ3) is 3.05. The molecule has 0 radical (unpaired) electrons. The summed E-state index contributed by atoms with van der Waals surface area (Å²) < 4.78 is 37.0. The lowest BCUT2D eigenvalue weighted by molar-refractivity contribution is -0.141. The Hall–Kier alpha value is -2.57. The van der Waals surface area contributed by atoms with Crippen molar-refractivity contribution in [2.24, 2.45) is 0 Å². The molecule has 2 aromatic rings. The van der Waals surface area contributed by atoms with Gasteiger partial charge in [0.05, 0.1) is 16.9 Å². The van der Waals surface area contributed by atoms with Crippen LogP contribution >= 0.6 is 0 Å². The molecule has 0 aliphatic rings. The molecule has 0 saturated carbocycles. The maximum absolute atomic E-state index is 12.3. The van der Waals surface area contributed by atoms with Crippen LogP contribution < -0.4 is 11.1 Å². The highest BCUT2D eigenvalue weighted by Gasteiger charge is 2.32. The molecule has 7 heteroatoms. The summed E-state index contributed by atoms with van der Waals surface area (Å²) >= 11 is 0. The highest BCUT2D eigenvalue weighted by Crippen LogP contribution is 2.27. The van der Waals surface area contributed by atoms with E-state index in [9.17, 15) is 18.0 Å². The van der Waals surface area contributed by atoms with Crippen molar-refractivity contribution in [1.82, 2.24) is 4.98 Å². The minimum atomic E-state index is -4.53. The van der Waals surface area contributed by atoms with Gasteiger partial charge in [0.15, 0.2) is 0 Å². The highest BCUT2D eigenvalue weighted by atomic mass is 19.4. The fraction of sp³-hybridized carbons (Fsp3) is 0.0769. The molecule has 2 rings (SSSR count). The smallest absolute Gasteiger partial charge is 0.397 e. The molecule has 4 nitrogen and oxygen atoms in total. The number of nitrogens with one attached hydrogen (secondary N) is 1. The Bertz CT molecular complexity index is 624. The van der Waals surface area contributed by atoms with Crippen LogP contribution in [-0.2, 0) is 6.18 Å². The molecule has 0 saturated heterocycles. The topological polar surface area (TPSA) is 68.0 Å². The first kappa shape index (κ1) is 13.9. The summed E-state index contributed by atoms with van der Waals surface area (Å²) in [4.78, 5) is 15.1. The Morgan fingerprint density at radius 3 is 2.40 bits per heavy atom. The van der Waals surface area contributed by atoms with E-state index in [0.29, 0.717) is 11.4 Å². The second kappa shape index (κ2) is 5.20. The van der Waals surface area contributed by atoms with Crippen molar-refractivity contribution < 1.29 is 18.0 Å². The molecule has 0 aliphatic heterocycles. The number of nitrogen functional groups attached to an aromatic ring is 1. The molecule has 0 bridgehead atoms. The second-order valence-electron chi connectivity index (χ2n) is 3.97. The number of benzene rings is 1. The Morgan fingerprint density at radius 1 is 1.15 bits per heavy atom. The molecule has 20 heavy (non-hydrogen) atoms. The average molecular weight is 281 g/mol. The normalized spacial score (nSPS) is 11.2. The van der Waals surface area contributed by atoms with Crippen molar-refractivity contribution >= 4 is 17.3 Å². The summed E-state index contributed by atoms with van der Waals surface area (Å²) in [5.74, 6) is -0.580. The highest BCUT2D eigenvalue weighted by molar-refractivity contribution is 6.05. The number of nitrogens with two attached hydrogens (primary N) is 1. The van der Waals surface area contributed by atoms with Gasteiger partial charge in [-0.15, -0.1) is 0 Å². The summed E-state index contributed by atoms with van der Waals surface area (Å²) in [6.45, 7) is 0. The Balaban J connectivity index is 2.16. The van der Waals surface area contributed by atoms with E-state index in [0.717, 1.165) is 18.3 Å². The lowest BCUT2D eigenvalue weighted by Gasteiger charge is -2.09. The number of halogens is 3. The fourth-order valence-corrected chi connectivity index (χ4v) is 1.50. The number of alkyl halides is 3. The van der Waals surface area contributed by atoms with Gasteiger partial charge in [0, 0.05) is 6.20 Å². The lowest BCUT2D eigenvalue weighted by atomic mass is 10.2. The average Bonchev–Trinajstić information content (AvgIpc) is 2.40. The van der Waals surface area contributed by atoms with E-state index in [2.05, 4.69) is 10.3 Å². The van der Waals surface area contributed by atoms with Crippen LogP contribution in [0.3, 0.4) is 0 Å². The van der Waals surface area contributed by atoms with E-state index >= 15 is 0 Å². The van der Waals surface area contributed by atoms with Gasteiger partial charge in [-0.2, -0.15) is 13.2 Å². The number of para-hydroxylation sites is 2. The van der Waals surface area contributed by atoms with Crippen molar-refractivity contribution in [3.05, 3.63) is 53.9 Å². The third-order valence-electron chi connectivity index (χ3n) is 2.53. The van der Waals surface area contributed by atoms with Crippen molar-refractivity contribution in [3.63, 3.8) is 0 Å². The molecule has 0 spiro atoms. The minimum absolute atomic E-state index is 0.0150. The number of pyridine rings is 1. The molecular formula is C13H10F3N3O. The zero-order chi connectivity index (χ0) is 14.8. The number of anilines is 2. The molecule has 0 atom stereocenters. The quantitative estimate of drug-likeness (QED) is 0.832. The number of hydrogen-bond donors (Lipinski definition) is 2. The molecular weight excluding hydrogens is 271 g/mol. The van der Waals surface area contributed by atoms with Gasteiger partial charge in [-0.25, -0.2) is 0 Å². The molecule has 3 N–H and O–H groups in total. The number of carbonyl (C=O) groups excluding carboxylic acids is 1. The lowest BCUT2D eigenvalue weighted by Crippen LogP contribution is -2.15. The van der Waals surface area contributed by atoms with Crippen molar-refractivity contribution in [2.45, 2.75) is 6.18 Å². The van der Waals surface area contributed by atoms with Gasteiger partial charge in [0.2, 0.25) is 0 Å². The standard InChI is InChI=1S/C13H10F3N3O/c14-13(15,16)11-6-5-8(7-18-11)12(20)19-10-4-2-1-3-9(10)17/h1-7H,17H2,(H,19,20). The first-order valence-corrected chi connectivity index (χ1v) is 5.57. The summed E-state index contributed by atoms with van der Waals surface area (Å²) in [6.07, 6.45) is -3.66. The van der Waals surface area contributed by atoms with E-state index < -0.39 is 17.8 Å². The summed E-state index contributed by atoms with van der Waals surface area (Å²) in [5.41, 5.74) is 5.36. The Labute approximate surface area is 112 Å². The Kier molecular flexibility index (Phi) is 3.60. The molecule has 0 unspecified atom stereocenters. The third-order valence-corrected chi connectivity index (χ3v) is 2.53. The van der Waals surface area contributed by atoms with Gasteiger partial charge in [0.25, 0.3) is 5.91 Å². The van der Waals surface area contributed by atoms with E-state index in [1.165, 1.54) is 0 Å². The largest absolute Gasteiger partial charge is 0.433 e. The maximum Gasteiger partial charge on any atom is 0.433 e. The molecule has 104 valence electrons. The van der Waals surface area contributed by atoms with Crippen LogP contribution in [0.25, 0.3) is 0 Å². The summed E-state index contributed by atoms with van der Waals surface area (Å²) in [6, 6.07) is 8.38. The number of rotatable bonds is 2. The number of carbonyl (C=O) groups is 1. The van der Waals surface area contributed by atoms with Gasteiger partial charge in [0.1, 0.15) is 5.69 Å². The van der Waals surface area contributed by atoms with E-state index in [1.807, 2.05) is 0 Å². The molecule has 1 amide bonds. The Morgan fingerprint density at radius 2 is 1.85 bits per heavy atom. The predicted molar refractivity (Wildman–Crippen MR) is 68.0 cm³/mol. The SMILES string of the molecule is Nc1ccccc1NC(=O)c1ccc(C(F)(F)F)nc1. The van der Waals surface area contributed by atoms with Crippen LogP contribution in [0.1, 0.15) is 16.1 Å². The van der Waals surface area contributed by atoms with E-state index in [4.69, 9.17) is 5.73 Å². The second-order valence-corrected chi connectivity index (χ2v) is 3.97. The zero-order valence-electron chi connectivity index (χ0n) is 10.1. The number of aromatic nitrogens is 1. The number of nitrogens with zero attached hydrogens (tertiary/aromatic N) is 1. The minimum Gasteiger partial charge on any atom is -0.397 e. The van der Waals surface area contributed by atoms with Gasteiger partial charge in [-0.3, -0.25) is 9.78 Å². The maximum atomic E-state index is 12.3. The van der Waals surface area contributed by atoms with Gasteiger partial charge in [-0.1, -0.05) is 12.1 Å².